The molecule has 2 rings (SSSR count). The minimum Gasteiger partial charge on any atom is -0.463 e. The number of hydrogen-bond donors (Lipinski definition) is 3. The van der Waals surface area contributed by atoms with E-state index in [-0.39, 0.29) is 37.3 Å². The molecule has 0 saturated carbocycles. The highest BCUT2D eigenvalue weighted by Crippen LogP contribution is 2.37. The molecule has 0 bridgehead atoms. The van der Waals surface area contributed by atoms with Gasteiger partial charge in [-0.2, -0.15) is 0 Å². The third-order valence-corrected chi connectivity index (χ3v) is 6.65. The van der Waals surface area contributed by atoms with Crippen molar-refractivity contribution in [3.8, 4) is 0 Å². The van der Waals surface area contributed by atoms with E-state index in [2.05, 4.69) is 25.1 Å². The molecular formula is C21H36N7O6P. The Morgan fingerprint density at radius 2 is 1.77 bits per heavy atom. The van der Waals surface area contributed by atoms with Gasteiger partial charge in [-0.3, -0.25) is 19.2 Å². The molecule has 4 N–H and O–H groups in total. The Morgan fingerprint density at radius 3 is 2.43 bits per heavy atom. The highest BCUT2D eigenvalue weighted by atomic mass is 31.2. The number of carbonyl (C=O) groups is 2. The molecule has 2 aromatic heterocycles. The number of nitrogen functional groups attached to an aromatic ring is 1. The van der Waals surface area contributed by atoms with Gasteiger partial charge in [-0.15, -0.1) is 0 Å². The molecule has 0 saturated heterocycles. The van der Waals surface area contributed by atoms with E-state index in [1.807, 2.05) is 0 Å². The van der Waals surface area contributed by atoms with Gasteiger partial charge in [0.05, 0.1) is 37.6 Å². The van der Waals surface area contributed by atoms with Crippen molar-refractivity contribution in [2.75, 3.05) is 18.6 Å². The molecule has 0 aromatic carbocycles. The van der Waals surface area contributed by atoms with E-state index in [1.54, 1.807) is 52.4 Å². The molecule has 3 atom stereocenters. The number of nitrogens with two attached hydrogens (primary N) is 1. The molecule has 2 aromatic rings. The van der Waals surface area contributed by atoms with Gasteiger partial charge in [-0.1, -0.05) is 0 Å². The first kappa shape index (κ1) is 28.6. The van der Waals surface area contributed by atoms with E-state index in [1.165, 1.54) is 6.33 Å². The Bertz CT molecular complexity index is 1040. The highest BCUT2D eigenvalue weighted by molar-refractivity contribution is 7.59. The fourth-order valence-electron chi connectivity index (χ4n) is 3.08. The highest BCUT2D eigenvalue weighted by Gasteiger charge is 2.29. The molecule has 2 heterocycles. The van der Waals surface area contributed by atoms with E-state index >= 15 is 0 Å². The Labute approximate surface area is 205 Å². The summed E-state index contributed by atoms with van der Waals surface area (Å²) in [7, 11) is -3.46. The van der Waals surface area contributed by atoms with Crippen molar-refractivity contribution >= 4 is 36.4 Å². The van der Waals surface area contributed by atoms with Crippen LogP contribution in [0.15, 0.2) is 12.7 Å². The van der Waals surface area contributed by atoms with E-state index in [9.17, 15) is 14.2 Å². The van der Waals surface area contributed by atoms with Gasteiger partial charge in [0, 0.05) is 6.54 Å². The summed E-state index contributed by atoms with van der Waals surface area (Å²) < 4.78 is 31.5. The Kier molecular flexibility index (Phi) is 10.6. The largest absolute Gasteiger partial charge is 0.463 e. The zero-order chi connectivity index (χ0) is 26.2. The molecule has 14 heteroatoms. The second-order valence-corrected chi connectivity index (χ2v) is 11.0. The van der Waals surface area contributed by atoms with Gasteiger partial charge in [0.25, 0.3) is 0 Å². The lowest BCUT2D eigenvalue weighted by atomic mass is 10.4. The van der Waals surface area contributed by atoms with Crippen LogP contribution in [-0.2, 0) is 34.9 Å². The van der Waals surface area contributed by atoms with Gasteiger partial charge >= 0.3 is 11.9 Å². The van der Waals surface area contributed by atoms with Gasteiger partial charge in [-0.25, -0.2) is 20.0 Å². The Hall–Kier alpha value is -2.60. The number of rotatable bonds is 14. The number of nitrogens with one attached hydrogen (secondary N) is 2. The molecule has 0 aliphatic carbocycles. The third-order valence-electron chi connectivity index (χ3n) is 4.60. The number of carbonyl (C=O) groups excluding carboxylic acids is 2. The molecule has 13 nitrogen and oxygen atoms in total. The molecule has 1 unspecified atom stereocenters. The summed E-state index contributed by atoms with van der Waals surface area (Å²) in [5, 5.41) is 5.65. The van der Waals surface area contributed by atoms with Crippen molar-refractivity contribution in [1.82, 2.24) is 29.7 Å². The maximum absolute atomic E-state index is 13.6. The van der Waals surface area contributed by atoms with Crippen LogP contribution in [0.1, 0.15) is 48.0 Å². The van der Waals surface area contributed by atoms with Crippen LogP contribution in [0.4, 0.5) is 5.82 Å². The summed E-state index contributed by atoms with van der Waals surface area (Å²) in [6.07, 6.45) is 1.74. The SMILES string of the molecule is CC(C)OC(=O)CCNP(=O)(CO[C@H](C)Cn1cnc2c(N)ncnc21)N[C@H](C)C(=O)OC(C)C. The molecular weight excluding hydrogens is 477 g/mol. The predicted molar refractivity (Wildman–Crippen MR) is 130 cm³/mol. The van der Waals surface area contributed by atoms with Gasteiger partial charge < -0.3 is 24.5 Å². The molecule has 0 aliphatic rings. The van der Waals surface area contributed by atoms with Gasteiger partial charge in [0.15, 0.2) is 11.5 Å². The minimum absolute atomic E-state index is 0.00633. The molecule has 0 aliphatic heterocycles. The zero-order valence-electron chi connectivity index (χ0n) is 21.1. The Morgan fingerprint density at radius 1 is 1.09 bits per heavy atom. The molecule has 0 radical (unpaired) electrons. The minimum atomic E-state index is -3.46. The quantitative estimate of drug-likeness (QED) is 0.247. The number of aromatic nitrogens is 4. The average molecular weight is 514 g/mol. The standard InChI is InChI=1S/C21H36N7O6P/c1-13(2)33-17(29)7-8-26-35(31,27-16(6)21(30)34-14(3)4)12-32-15(5)9-28-11-25-18-19(22)23-10-24-20(18)28/h10-11,13-16H,7-9,12H2,1-6H3,(H2,22,23,24)(H2,26,27,31)/t15-,16-,35?/m1/s1. The lowest BCUT2D eigenvalue weighted by Gasteiger charge is -2.26. The summed E-state index contributed by atoms with van der Waals surface area (Å²) in [4.78, 5) is 36.5. The molecule has 0 fully saturated rings. The number of esters is 2. The van der Waals surface area contributed by atoms with Gasteiger partial charge in [-0.05, 0) is 41.5 Å². The van der Waals surface area contributed by atoms with E-state index in [0.717, 1.165) is 0 Å². The van der Waals surface area contributed by atoms with Crippen molar-refractivity contribution < 1.29 is 28.4 Å². The van der Waals surface area contributed by atoms with E-state index in [0.29, 0.717) is 17.7 Å². The van der Waals surface area contributed by atoms with Crippen LogP contribution in [0.3, 0.4) is 0 Å². The van der Waals surface area contributed by atoms with Crippen LogP contribution in [0.2, 0.25) is 0 Å². The predicted octanol–water partition coefficient (Wildman–Crippen LogP) is 1.83. The average Bonchev–Trinajstić information content (AvgIpc) is 3.15. The number of ether oxygens (including phenoxy) is 3. The van der Waals surface area contributed by atoms with Crippen molar-refractivity contribution in [3.05, 3.63) is 12.7 Å². The molecule has 196 valence electrons. The molecule has 0 amide bonds. The normalized spacial score (nSPS) is 15.2. The maximum Gasteiger partial charge on any atom is 0.323 e. The number of imidazole rings is 1. The third kappa shape index (κ3) is 9.17. The lowest BCUT2D eigenvalue weighted by molar-refractivity contribution is -0.149. The van der Waals surface area contributed by atoms with E-state index < -0.39 is 31.5 Å². The van der Waals surface area contributed by atoms with Crippen LogP contribution in [0, 0.1) is 0 Å². The first-order valence-electron chi connectivity index (χ1n) is 11.4. The maximum atomic E-state index is 13.6. The van der Waals surface area contributed by atoms with Gasteiger partial charge in [0.2, 0.25) is 7.44 Å². The summed E-state index contributed by atoms with van der Waals surface area (Å²) in [5.41, 5.74) is 6.87. The molecule has 35 heavy (non-hydrogen) atoms. The van der Waals surface area contributed by atoms with Crippen molar-refractivity contribution in [2.45, 2.75) is 78.9 Å². The lowest BCUT2D eigenvalue weighted by Crippen LogP contribution is -2.39. The van der Waals surface area contributed by atoms with E-state index in [4.69, 9.17) is 19.9 Å². The van der Waals surface area contributed by atoms with Crippen molar-refractivity contribution in [2.24, 2.45) is 0 Å². The number of fused-ring (bicyclic) bond motifs is 1. The second-order valence-electron chi connectivity index (χ2n) is 8.71. The van der Waals surface area contributed by atoms with Crippen LogP contribution in [0.25, 0.3) is 11.2 Å². The number of nitrogens with zero attached hydrogens (tertiary/aromatic N) is 4. The summed E-state index contributed by atoms with van der Waals surface area (Å²) in [6.45, 7) is 10.7. The van der Waals surface area contributed by atoms with Crippen LogP contribution < -0.4 is 15.9 Å². The second kappa shape index (κ2) is 12.9. The Balaban J connectivity index is 2.03. The van der Waals surface area contributed by atoms with Crippen molar-refractivity contribution in [3.63, 3.8) is 0 Å². The van der Waals surface area contributed by atoms with Crippen LogP contribution in [-0.4, -0.2) is 68.7 Å². The number of anilines is 1. The first-order chi connectivity index (χ1) is 16.4. The zero-order valence-corrected chi connectivity index (χ0v) is 21.9. The summed E-state index contributed by atoms with van der Waals surface area (Å²) >= 11 is 0. The fourth-order valence-corrected chi connectivity index (χ4v) is 5.01. The topological polar surface area (TPSA) is 173 Å². The monoisotopic (exact) mass is 513 g/mol. The molecule has 0 spiro atoms. The van der Waals surface area contributed by atoms with Crippen LogP contribution in [0.5, 0.6) is 0 Å². The summed E-state index contributed by atoms with van der Waals surface area (Å²) in [6, 6.07) is -0.866. The smallest absolute Gasteiger partial charge is 0.323 e. The first-order valence-corrected chi connectivity index (χ1v) is 13.3. The van der Waals surface area contributed by atoms with Gasteiger partial charge in [0.1, 0.15) is 24.2 Å². The summed E-state index contributed by atoms with van der Waals surface area (Å²) in [5.74, 6) is -0.691. The number of hydrogen-bond acceptors (Lipinski definition) is 10. The fraction of sp³-hybridized carbons (Fsp3) is 0.667. The van der Waals surface area contributed by atoms with Crippen LogP contribution >= 0.6 is 7.44 Å². The van der Waals surface area contributed by atoms with Crippen molar-refractivity contribution in [1.29, 1.82) is 0 Å².